The maximum absolute atomic E-state index is 13.0. The lowest BCUT2D eigenvalue weighted by atomic mass is 9.92. The summed E-state index contributed by atoms with van der Waals surface area (Å²) in [6.45, 7) is 3.51. The number of hydrogen-bond acceptors (Lipinski definition) is 5. The van der Waals surface area contributed by atoms with Gasteiger partial charge in [-0.15, -0.1) is 0 Å². The summed E-state index contributed by atoms with van der Waals surface area (Å²) in [6, 6.07) is 4.15. The molecule has 0 saturated carbocycles. The van der Waals surface area contributed by atoms with E-state index in [0.29, 0.717) is 25.0 Å². The first-order valence-corrected chi connectivity index (χ1v) is 10.3. The Morgan fingerprint density at radius 3 is 2.78 bits per heavy atom. The van der Waals surface area contributed by atoms with Crippen LogP contribution in [0.2, 0.25) is 0 Å². The Morgan fingerprint density at radius 1 is 1.28 bits per heavy atom. The number of benzene rings is 1. The molecule has 1 aromatic carbocycles. The van der Waals surface area contributed by atoms with Crippen molar-refractivity contribution in [3.8, 4) is 0 Å². The van der Waals surface area contributed by atoms with Crippen LogP contribution in [0, 0.1) is 5.92 Å². The Balaban J connectivity index is 1.62. The normalized spacial score (nSPS) is 21.0. The summed E-state index contributed by atoms with van der Waals surface area (Å²) in [5, 5.41) is 4.93. The van der Waals surface area contributed by atoms with Crippen molar-refractivity contribution in [1.82, 2.24) is 9.97 Å². The summed E-state index contributed by atoms with van der Waals surface area (Å²) in [6.07, 6.45) is -2.87. The molecule has 1 fully saturated rings. The first-order valence-electron chi connectivity index (χ1n) is 10.3. The van der Waals surface area contributed by atoms with E-state index in [-0.39, 0.29) is 23.5 Å². The van der Waals surface area contributed by atoms with E-state index in [2.05, 4.69) is 27.5 Å². The largest absolute Gasteiger partial charge is 0.416 e. The van der Waals surface area contributed by atoms with Crippen molar-refractivity contribution in [3.63, 3.8) is 0 Å². The highest BCUT2D eigenvalue weighted by Gasteiger charge is 2.36. The summed E-state index contributed by atoms with van der Waals surface area (Å²) < 4.78 is 38.9. The highest BCUT2D eigenvalue weighted by Crippen LogP contribution is 2.33. The zero-order valence-corrected chi connectivity index (χ0v) is 17.3. The van der Waals surface area contributed by atoms with Gasteiger partial charge in [0.25, 0.3) is 5.56 Å². The number of fused-ring (bicyclic) bond motifs is 1. The first kappa shape index (κ1) is 21.8. The average Bonchev–Trinajstić information content (AvgIpc) is 2.72. The quantitative estimate of drug-likeness (QED) is 0.668. The Kier molecular flexibility index (Phi) is 5.66. The second-order valence-corrected chi connectivity index (χ2v) is 8.22. The number of amides is 2. The van der Waals surface area contributed by atoms with Crippen molar-refractivity contribution in [2.24, 2.45) is 5.92 Å². The van der Waals surface area contributed by atoms with Crippen LogP contribution in [-0.2, 0) is 15.8 Å². The van der Waals surface area contributed by atoms with Gasteiger partial charge in [-0.2, -0.15) is 18.2 Å². The highest BCUT2D eigenvalue weighted by atomic mass is 19.4. The van der Waals surface area contributed by atoms with Crippen LogP contribution in [0.3, 0.4) is 0 Å². The Bertz CT molecular complexity index is 1110. The number of aromatic nitrogens is 2. The molecule has 4 rings (SSSR count). The van der Waals surface area contributed by atoms with E-state index in [1.165, 1.54) is 12.1 Å². The minimum Gasteiger partial charge on any atom is -0.342 e. The summed E-state index contributed by atoms with van der Waals surface area (Å²) in [7, 11) is 0. The van der Waals surface area contributed by atoms with Gasteiger partial charge in [-0.05, 0) is 37.0 Å². The third-order valence-corrected chi connectivity index (χ3v) is 5.67. The number of nitrogens with one attached hydrogen (secondary N) is 3. The fourth-order valence-electron chi connectivity index (χ4n) is 4.12. The predicted molar refractivity (Wildman–Crippen MR) is 112 cm³/mol. The number of aromatic amines is 1. The molecule has 0 spiro atoms. The number of halogens is 3. The monoisotopic (exact) mass is 449 g/mol. The van der Waals surface area contributed by atoms with Gasteiger partial charge >= 0.3 is 6.18 Å². The lowest BCUT2D eigenvalue weighted by Crippen LogP contribution is -2.40. The molecule has 0 aliphatic carbocycles. The number of piperidine rings is 1. The van der Waals surface area contributed by atoms with Crippen LogP contribution in [-0.4, -0.2) is 34.9 Å². The molecule has 11 heteroatoms. The maximum Gasteiger partial charge on any atom is 0.416 e. The third kappa shape index (κ3) is 4.46. The van der Waals surface area contributed by atoms with Crippen LogP contribution in [0.5, 0.6) is 0 Å². The van der Waals surface area contributed by atoms with Gasteiger partial charge in [0, 0.05) is 25.2 Å². The fourth-order valence-corrected chi connectivity index (χ4v) is 4.12. The van der Waals surface area contributed by atoms with E-state index in [0.717, 1.165) is 25.0 Å². The SMILES string of the molecule is C[C@H]1CCCN(c2nc3c(c(=O)[nH]2)[C@H](C(=O)Nc2cccc(C(F)(F)F)c2)CC(=O)N3)C1. The molecule has 8 nitrogen and oxygen atoms in total. The van der Waals surface area contributed by atoms with E-state index in [1.54, 1.807) is 0 Å². The van der Waals surface area contributed by atoms with Gasteiger partial charge in [0.2, 0.25) is 17.8 Å². The van der Waals surface area contributed by atoms with Crippen molar-refractivity contribution in [2.45, 2.75) is 38.3 Å². The minimum atomic E-state index is -4.57. The zero-order valence-electron chi connectivity index (χ0n) is 17.3. The van der Waals surface area contributed by atoms with Gasteiger partial charge in [0.15, 0.2) is 0 Å². The molecule has 3 N–H and O–H groups in total. The predicted octanol–water partition coefficient (Wildman–Crippen LogP) is 3.09. The van der Waals surface area contributed by atoms with E-state index < -0.39 is 35.0 Å². The third-order valence-electron chi connectivity index (χ3n) is 5.67. The molecule has 1 saturated heterocycles. The molecule has 1 aromatic heterocycles. The van der Waals surface area contributed by atoms with Crippen molar-refractivity contribution in [1.29, 1.82) is 0 Å². The lowest BCUT2D eigenvalue weighted by molar-refractivity contribution is -0.137. The lowest BCUT2D eigenvalue weighted by Gasteiger charge is -2.32. The molecule has 2 aliphatic heterocycles. The number of rotatable bonds is 3. The number of carbonyl (C=O) groups is 2. The van der Waals surface area contributed by atoms with Gasteiger partial charge in [-0.25, -0.2) is 0 Å². The van der Waals surface area contributed by atoms with E-state index >= 15 is 0 Å². The molecule has 0 bridgehead atoms. The molecule has 3 heterocycles. The molecular formula is C21H22F3N5O3. The smallest absolute Gasteiger partial charge is 0.342 e. The second kappa shape index (κ2) is 8.29. The number of nitrogens with zero attached hydrogens (tertiary/aromatic N) is 2. The molecule has 32 heavy (non-hydrogen) atoms. The highest BCUT2D eigenvalue weighted by molar-refractivity contribution is 6.04. The molecule has 2 amide bonds. The summed E-state index contributed by atoms with van der Waals surface area (Å²) in [4.78, 5) is 46.9. The summed E-state index contributed by atoms with van der Waals surface area (Å²) >= 11 is 0. The molecule has 2 atom stereocenters. The van der Waals surface area contributed by atoms with Crippen LogP contribution in [0.25, 0.3) is 0 Å². The standard InChI is InChI=1S/C21H22F3N5O3/c1-11-4-3-7-29(10-11)20-27-17-16(19(32)28-20)14(9-15(30)26-17)18(31)25-13-6-2-5-12(8-13)21(22,23)24/h2,5-6,8,11,14H,3-4,7,9-10H2,1H3,(H,25,31)(H2,26,27,28,30,32)/t11-,14+/m0/s1. The maximum atomic E-state index is 13.0. The van der Waals surface area contributed by atoms with Crippen molar-refractivity contribution in [3.05, 3.63) is 45.7 Å². The molecule has 2 aromatic rings. The van der Waals surface area contributed by atoms with E-state index in [9.17, 15) is 27.6 Å². The molecule has 170 valence electrons. The van der Waals surface area contributed by atoms with Gasteiger partial charge in [-0.1, -0.05) is 13.0 Å². The second-order valence-electron chi connectivity index (χ2n) is 8.22. The number of alkyl halides is 3. The van der Waals surface area contributed by atoms with Crippen LogP contribution >= 0.6 is 0 Å². The van der Waals surface area contributed by atoms with Crippen LogP contribution in [0.4, 0.5) is 30.6 Å². The van der Waals surface area contributed by atoms with E-state index in [1.807, 2.05) is 4.90 Å². The number of hydrogen-bond donors (Lipinski definition) is 3. The van der Waals surface area contributed by atoms with Gasteiger partial charge in [-0.3, -0.25) is 19.4 Å². The number of H-pyrrole nitrogens is 1. The zero-order chi connectivity index (χ0) is 23.0. The van der Waals surface area contributed by atoms with Crippen LogP contribution in [0.15, 0.2) is 29.1 Å². The average molecular weight is 449 g/mol. The van der Waals surface area contributed by atoms with Crippen LogP contribution < -0.4 is 21.1 Å². The van der Waals surface area contributed by atoms with Gasteiger partial charge in [0.05, 0.1) is 17.0 Å². The van der Waals surface area contributed by atoms with Crippen molar-refractivity contribution < 1.29 is 22.8 Å². The molecule has 0 radical (unpaired) electrons. The molecular weight excluding hydrogens is 427 g/mol. The van der Waals surface area contributed by atoms with Crippen LogP contribution in [0.1, 0.15) is 43.2 Å². The Labute approximate surface area is 181 Å². The first-order chi connectivity index (χ1) is 15.1. The summed E-state index contributed by atoms with van der Waals surface area (Å²) in [5.74, 6) is -1.70. The van der Waals surface area contributed by atoms with E-state index in [4.69, 9.17) is 0 Å². The van der Waals surface area contributed by atoms with Gasteiger partial charge < -0.3 is 15.5 Å². The van der Waals surface area contributed by atoms with Crippen molar-refractivity contribution >= 4 is 29.3 Å². The Morgan fingerprint density at radius 2 is 2.06 bits per heavy atom. The van der Waals surface area contributed by atoms with Crippen molar-refractivity contribution in [2.75, 3.05) is 28.6 Å². The topological polar surface area (TPSA) is 107 Å². The molecule has 2 aliphatic rings. The molecule has 0 unspecified atom stereocenters. The fraction of sp³-hybridized carbons (Fsp3) is 0.429. The minimum absolute atomic E-state index is 0.00224. The number of anilines is 3. The Hall–Kier alpha value is -3.37. The number of carbonyl (C=O) groups excluding carboxylic acids is 2. The summed E-state index contributed by atoms with van der Waals surface area (Å²) in [5.41, 5.74) is -1.58. The van der Waals surface area contributed by atoms with Gasteiger partial charge in [0.1, 0.15) is 5.82 Å².